The highest BCUT2D eigenvalue weighted by Gasteiger charge is 2.17. The van der Waals surface area contributed by atoms with E-state index in [9.17, 15) is 13.6 Å². The molecule has 1 aromatic rings. The Labute approximate surface area is 92.9 Å². The van der Waals surface area contributed by atoms with E-state index >= 15 is 0 Å². The molecule has 0 heterocycles. The molecule has 2 nitrogen and oxygen atoms in total. The van der Waals surface area contributed by atoms with Crippen LogP contribution < -0.4 is 0 Å². The van der Waals surface area contributed by atoms with Crippen molar-refractivity contribution in [1.82, 2.24) is 0 Å². The number of unbranched alkanes of at least 4 members (excludes halogenated alkanes) is 2. The molecule has 16 heavy (non-hydrogen) atoms. The number of carboxylic acids is 1. The Morgan fingerprint density at radius 3 is 2.50 bits per heavy atom. The van der Waals surface area contributed by atoms with Crippen LogP contribution in [-0.4, -0.2) is 11.1 Å². The van der Waals surface area contributed by atoms with Crippen molar-refractivity contribution < 1.29 is 18.7 Å². The molecule has 0 unspecified atom stereocenters. The summed E-state index contributed by atoms with van der Waals surface area (Å²) >= 11 is 0. The summed E-state index contributed by atoms with van der Waals surface area (Å²) in [5.41, 5.74) is -0.368. The molecule has 1 aromatic carbocycles. The summed E-state index contributed by atoms with van der Waals surface area (Å²) in [5.74, 6) is -3.74. The number of carboxylic acid groups (broad SMARTS) is 1. The Morgan fingerprint density at radius 2 is 1.94 bits per heavy atom. The molecule has 4 heteroatoms. The number of halogens is 2. The number of rotatable bonds is 5. The molecule has 0 aromatic heterocycles. The standard InChI is InChI=1S/C12H14F2O2/c1-2-3-4-5-8-6-7-9(12(15)16)11(14)10(8)13/h6-7H,2-5H2,1H3,(H,15,16). The van der Waals surface area contributed by atoms with Gasteiger partial charge in [0, 0.05) is 0 Å². The molecule has 0 atom stereocenters. The molecule has 88 valence electrons. The first kappa shape index (κ1) is 12.6. The monoisotopic (exact) mass is 228 g/mol. The van der Waals surface area contributed by atoms with Gasteiger partial charge in [-0.1, -0.05) is 25.8 Å². The summed E-state index contributed by atoms with van der Waals surface area (Å²) in [5, 5.41) is 8.59. The van der Waals surface area contributed by atoms with Crippen molar-refractivity contribution in [2.24, 2.45) is 0 Å². The highest BCUT2D eigenvalue weighted by atomic mass is 19.2. The first-order chi connectivity index (χ1) is 7.57. The molecule has 0 aliphatic carbocycles. The largest absolute Gasteiger partial charge is 0.478 e. The van der Waals surface area contributed by atoms with E-state index in [0.717, 1.165) is 25.3 Å². The third-order valence-corrected chi connectivity index (χ3v) is 2.44. The van der Waals surface area contributed by atoms with Gasteiger partial charge in [-0.3, -0.25) is 0 Å². The first-order valence-corrected chi connectivity index (χ1v) is 5.28. The van der Waals surface area contributed by atoms with Crippen molar-refractivity contribution in [1.29, 1.82) is 0 Å². The van der Waals surface area contributed by atoms with Gasteiger partial charge in [-0.05, 0) is 24.5 Å². The minimum absolute atomic E-state index is 0.246. The lowest BCUT2D eigenvalue weighted by atomic mass is 10.0. The van der Waals surface area contributed by atoms with E-state index in [-0.39, 0.29) is 5.56 Å². The highest BCUT2D eigenvalue weighted by Crippen LogP contribution is 2.18. The second kappa shape index (κ2) is 5.58. The molecule has 0 radical (unpaired) electrons. The average molecular weight is 228 g/mol. The Morgan fingerprint density at radius 1 is 1.25 bits per heavy atom. The SMILES string of the molecule is CCCCCc1ccc(C(=O)O)c(F)c1F. The Kier molecular flexibility index (Phi) is 4.40. The summed E-state index contributed by atoms with van der Waals surface area (Å²) in [4.78, 5) is 10.5. The van der Waals surface area contributed by atoms with Crippen LogP contribution in [0.15, 0.2) is 12.1 Å². The molecule has 0 bridgehead atoms. The number of hydrogen-bond donors (Lipinski definition) is 1. The van der Waals surface area contributed by atoms with Crippen molar-refractivity contribution in [3.63, 3.8) is 0 Å². The zero-order valence-electron chi connectivity index (χ0n) is 9.09. The van der Waals surface area contributed by atoms with Crippen LogP contribution in [0, 0.1) is 11.6 Å². The Balaban J connectivity index is 2.89. The maximum atomic E-state index is 13.4. The van der Waals surface area contributed by atoms with Crippen molar-refractivity contribution >= 4 is 5.97 Å². The summed E-state index contributed by atoms with van der Waals surface area (Å²) in [6.45, 7) is 2.02. The van der Waals surface area contributed by atoms with Gasteiger partial charge in [0.25, 0.3) is 0 Å². The topological polar surface area (TPSA) is 37.3 Å². The van der Waals surface area contributed by atoms with Gasteiger partial charge in [0.15, 0.2) is 11.6 Å². The minimum Gasteiger partial charge on any atom is -0.478 e. The average Bonchev–Trinajstić information content (AvgIpc) is 2.24. The molecular formula is C12H14F2O2. The normalized spacial score (nSPS) is 10.4. The molecule has 0 amide bonds. The highest BCUT2D eigenvalue weighted by molar-refractivity contribution is 5.88. The van der Waals surface area contributed by atoms with Crippen LogP contribution in [0.4, 0.5) is 8.78 Å². The molecule has 0 aliphatic heterocycles. The van der Waals surface area contributed by atoms with Gasteiger partial charge >= 0.3 is 5.97 Å². The molecular weight excluding hydrogens is 214 g/mol. The van der Waals surface area contributed by atoms with Crippen LogP contribution in [-0.2, 0) is 6.42 Å². The van der Waals surface area contributed by atoms with Crippen LogP contribution in [0.3, 0.4) is 0 Å². The first-order valence-electron chi connectivity index (χ1n) is 5.28. The van der Waals surface area contributed by atoms with E-state index in [0.29, 0.717) is 6.42 Å². The molecule has 1 rings (SSSR count). The van der Waals surface area contributed by atoms with Gasteiger partial charge in [-0.2, -0.15) is 0 Å². The van der Waals surface area contributed by atoms with Gasteiger partial charge in [-0.15, -0.1) is 0 Å². The van der Waals surface area contributed by atoms with E-state index < -0.39 is 23.2 Å². The number of aryl methyl sites for hydroxylation is 1. The van der Waals surface area contributed by atoms with E-state index in [1.165, 1.54) is 6.07 Å². The molecule has 0 fully saturated rings. The minimum atomic E-state index is -1.45. The molecule has 0 saturated carbocycles. The summed E-state index contributed by atoms with van der Waals surface area (Å²) in [6, 6.07) is 2.46. The predicted molar refractivity (Wildman–Crippen MR) is 56.5 cm³/mol. The summed E-state index contributed by atoms with van der Waals surface area (Å²) in [7, 11) is 0. The Hall–Kier alpha value is -1.45. The van der Waals surface area contributed by atoms with E-state index in [1.54, 1.807) is 0 Å². The lowest BCUT2D eigenvalue weighted by Crippen LogP contribution is -2.05. The number of hydrogen-bond acceptors (Lipinski definition) is 1. The molecule has 0 spiro atoms. The molecule has 1 N–H and O–H groups in total. The quantitative estimate of drug-likeness (QED) is 0.784. The fraction of sp³-hybridized carbons (Fsp3) is 0.417. The maximum absolute atomic E-state index is 13.4. The van der Waals surface area contributed by atoms with Crippen LogP contribution in [0.25, 0.3) is 0 Å². The smallest absolute Gasteiger partial charge is 0.338 e. The van der Waals surface area contributed by atoms with Crippen molar-refractivity contribution in [3.05, 3.63) is 34.9 Å². The second-order valence-electron chi connectivity index (χ2n) is 3.66. The fourth-order valence-electron chi connectivity index (χ4n) is 1.51. The lowest BCUT2D eigenvalue weighted by Gasteiger charge is -2.05. The number of carbonyl (C=O) groups is 1. The van der Waals surface area contributed by atoms with E-state index in [2.05, 4.69) is 0 Å². The molecule has 0 saturated heterocycles. The van der Waals surface area contributed by atoms with Crippen molar-refractivity contribution in [2.45, 2.75) is 32.6 Å². The van der Waals surface area contributed by atoms with Gasteiger partial charge in [0.2, 0.25) is 0 Å². The van der Waals surface area contributed by atoms with Crippen LogP contribution >= 0.6 is 0 Å². The predicted octanol–water partition coefficient (Wildman–Crippen LogP) is 3.40. The van der Waals surface area contributed by atoms with Gasteiger partial charge in [-0.25, -0.2) is 13.6 Å². The van der Waals surface area contributed by atoms with Gasteiger partial charge in [0.1, 0.15) is 0 Å². The van der Waals surface area contributed by atoms with Gasteiger partial charge < -0.3 is 5.11 Å². The third kappa shape index (κ3) is 2.78. The van der Waals surface area contributed by atoms with E-state index in [1.807, 2.05) is 6.92 Å². The lowest BCUT2D eigenvalue weighted by molar-refractivity contribution is 0.0690. The zero-order valence-corrected chi connectivity index (χ0v) is 9.09. The number of aromatic carboxylic acids is 1. The van der Waals surface area contributed by atoms with Crippen molar-refractivity contribution in [2.75, 3.05) is 0 Å². The Bertz CT molecular complexity index is 389. The molecule has 0 aliphatic rings. The van der Waals surface area contributed by atoms with Crippen LogP contribution in [0.2, 0.25) is 0 Å². The van der Waals surface area contributed by atoms with Gasteiger partial charge in [0.05, 0.1) is 5.56 Å². The third-order valence-electron chi connectivity index (χ3n) is 2.44. The van der Waals surface area contributed by atoms with Crippen LogP contribution in [0.5, 0.6) is 0 Å². The maximum Gasteiger partial charge on any atom is 0.338 e. The summed E-state index contributed by atoms with van der Waals surface area (Å²) in [6.07, 6.45) is 3.16. The second-order valence-corrected chi connectivity index (χ2v) is 3.66. The summed E-state index contributed by atoms with van der Waals surface area (Å²) < 4.78 is 26.7. The van der Waals surface area contributed by atoms with Crippen LogP contribution in [0.1, 0.15) is 42.1 Å². The van der Waals surface area contributed by atoms with E-state index in [4.69, 9.17) is 5.11 Å². The fourth-order valence-corrected chi connectivity index (χ4v) is 1.51. The van der Waals surface area contributed by atoms with Crippen molar-refractivity contribution in [3.8, 4) is 0 Å². The number of benzene rings is 1. The zero-order chi connectivity index (χ0) is 12.1.